The average molecular weight is 456 g/mol. The second-order valence-corrected chi connectivity index (χ2v) is 10.7. The van der Waals surface area contributed by atoms with Crippen LogP contribution in [0.15, 0.2) is 48.5 Å². The Morgan fingerprint density at radius 2 is 1.81 bits per heavy atom. The van der Waals surface area contributed by atoms with Gasteiger partial charge in [-0.05, 0) is 49.9 Å². The Hall–Kier alpha value is -2.02. The number of nitrogens with zero attached hydrogens (tertiary/aromatic N) is 3. The van der Waals surface area contributed by atoms with Crippen molar-refractivity contribution in [3.63, 3.8) is 0 Å². The monoisotopic (exact) mass is 455 g/mol. The van der Waals surface area contributed by atoms with Crippen LogP contribution in [0.3, 0.4) is 0 Å². The van der Waals surface area contributed by atoms with E-state index in [0.717, 1.165) is 43.1 Å². The van der Waals surface area contributed by atoms with Crippen molar-refractivity contribution in [1.82, 2.24) is 4.90 Å². The topological polar surface area (TPSA) is 43.9 Å². The molecule has 5 rings (SSSR count). The van der Waals surface area contributed by atoms with Crippen molar-refractivity contribution in [3.8, 4) is 0 Å². The highest BCUT2D eigenvalue weighted by Crippen LogP contribution is 2.57. The Bertz CT molecular complexity index is 1040. The second kappa shape index (κ2) is 7.84. The molecule has 7 heteroatoms. The molecule has 0 radical (unpaired) electrons. The van der Waals surface area contributed by atoms with Gasteiger partial charge in [-0.2, -0.15) is 0 Å². The van der Waals surface area contributed by atoms with E-state index < -0.39 is 4.87 Å². The number of fused-ring (bicyclic) bond motifs is 2. The number of hydrogen-bond acceptors (Lipinski definition) is 4. The fourth-order valence-electron chi connectivity index (χ4n) is 4.90. The van der Waals surface area contributed by atoms with Crippen LogP contribution in [0.1, 0.15) is 32.3 Å². The van der Waals surface area contributed by atoms with Gasteiger partial charge in [0.25, 0.3) is 5.91 Å². The first-order valence-corrected chi connectivity index (χ1v) is 12.1. The van der Waals surface area contributed by atoms with Gasteiger partial charge in [0.15, 0.2) is 0 Å². The smallest absolute Gasteiger partial charge is 0.269 e. The first-order valence-electron chi connectivity index (χ1n) is 10.8. The number of thioether (sulfide) groups is 1. The van der Waals surface area contributed by atoms with Crippen molar-refractivity contribution in [2.24, 2.45) is 5.92 Å². The summed E-state index contributed by atoms with van der Waals surface area (Å²) in [6, 6.07) is 15.1. The van der Waals surface area contributed by atoms with Crippen molar-refractivity contribution >= 4 is 46.6 Å². The van der Waals surface area contributed by atoms with E-state index in [4.69, 9.17) is 11.6 Å². The zero-order chi connectivity index (χ0) is 21.8. The third-order valence-electron chi connectivity index (χ3n) is 6.61. The molecule has 0 bridgehead atoms. The van der Waals surface area contributed by atoms with Crippen LogP contribution in [0.2, 0.25) is 5.02 Å². The third-order valence-corrected chi connectivity index (χ3v) is 8.32. The summed E-state index contributed by atoms with van der Waals surface area (Å²) in [5.74, 6) is 0.616. The maximum Gasteiger partial charge on any atom is 0.269 e. The molecule has 162 valence electrons. The summed E-state index contributed by atoms with van der Waals surface area (Å²) in [5.41, 5.74) is 2.44. The van der Waals surface area contributed by atoms with E-state index >= 15 is 0 Å². The summed E-state index contributed by atoms with van der Waals surface area (Å²) in [7, 11) is 0. The lowest BCUT2D eigenvalue weighted by atomic mass is 10.00. The molecule has 0 unspecified atom stereocenters. The fourth-order valence-corrected chi connectivity index (χ4v) is 6.61. The standard InChI is InChI=1S/C24H26ClN3O2S/c1-16-10-12-26(13-11-16)15-27-21-9-4-3-8-20(21)24(23(27)30)28(22(29)17(2)31-24)19-7-5-6-18(25)14-19/h3-9,14,16-17H,10-13,15H2,1-2H3/t17-,24-/m0/s1. The molecular formula is C24H26ClN3O2S. The number of rotatable bonds is 3. The number of piperidine rings is 1. The molecule has 2 fully saturated rings. The molecule has 2 atom stereocenters. The maximum absolute atomic E-state index is 14.1. The molecule has 3 heterocycles. The molecule has 3 aliphatic rings. The molecule has 0 N–H and O–H groups in total. The number of para-hydroxylation sites is 1. The summed E-state index contributed by atoms with van der Waals surface area (Å²) in [4.78, 5) is 32.3. The van der Waals surface area contributed by atoms with Crippen molar-refractivity contribution < 1.29 is 9.59 Å². The molecule has 2 aromatic carbocycles. The number of amides is 2. The Kier molecular flexibility index (Phi) is 5.27. The highest BCUT2D eigenvalue weighted by atomic mass is 35.5. The number of carbonyl (C=O) groups is 2. The molecule has 2 aromatic rings. The number of benzene rings is 2. The summed E-state index contributed by atoms with van der Waals surface area (Å²) in [6.07, 6.45) is 2.29. The summed E-state index contributed by atoms with van der Waals surface area (Å²) in [5, 5.41) is 0.217. The molecule has 0 aromatic heterocycles. The molecule has 2 amide bonds. The van der Waals surface area contributed by atoms with E-state index in [-0.39, 0.29) is 17.1 Å². The van der Waals surface area contributed by atoms with E-state index in [9.17, 15) is 9.59 Å². The highest BCUT2D eigenvalue weighted by Gasteiger charge is 2.63. The molecule has 0 aliphatic carbocycles. The lowest BCUT2D eigenvalue weighted by Crippen LogP contribution is -2.52. The molecule has 5 nitrogen and oxygen atoms in total. The van der Waals surface area contributed by atoms with Crippen LogP contribution in [0.5, 0.6) is 0 Å². The van der Waals surface area contributed by atoms with E-state index in [2.05, 4.69) is 11.8 Å². The Morgan fingerprint density at radius 1 is 1.06 bits per heavy atom. The van der Waals surface area contributed by atoms with Crippen molar-refractivity contribution in [3.05, 3.63) is 59.1 Å². The zero-order valence-corrected chi connectivity index (χ0v) is 19.3. The zero-order valence-electron chi connectivity index (χ0n) is 17.8. The SMILES string of the molecule is CC1CCN(CN2C(=O)[C@@]3(S[C@@H](C)C(=O)N3c3cccc(Cl)c3)c3ccccc32)CC1. The van der Waals surface area contributed by atoms with Gasteiger partial charge < -0.3 is 0 Å². The van der Waals surface area contributed by atoms with Gasteiger partial charge in [0.2, 0.25) is 10.8 Å². The first kappa shape index (κ1) is 20.9. The fraction of sp³-hybridized carbons (Fsp3) is 0.417. The quantitative estimate of drug-likeness (QED) is 0.673. The lowest BCUT2D eigenvalue weighted by molar-refractivity contribution is -0.124. The number of anilines is 2. The molecule has 2 saturated heterocycles. The summed E-state index contributed by atoms with van der Waals surface area (Å²) >= 11 is 7.69. The predicted octanol–water partition coefficient (Wildman–Crippen LogP) is 4.70. The van der Waals surface area contributed by atoms with Crippen LogP contribution in [0.4, 0.5) is 11.4 Å². The van der Waals surface area contributed by atoms with Gasteiger partial charge in [-0.3, -0.25) is 24.3 Å². The van der Waals surface area contributed by atoms with Gasteiger partial charge in [-0.1, -0.05) is 42.8 Å². The van der Waals surface area contributed by atoms with Gasteiger partial charge >= 0.3 is 0 Å². The third kappa shape index (κ3) is 3.27. The second-order valence-electron chi connectivity index (χ2n) is 8.75. The molecular weight excluding hydrogens is 430 g/mol. The van der Waals surface area contributed by atoms with Crippen molar-refractivity contribution in [2.75, 3.05) is 29.6 Å². The largest absolute Gasteiger partial charge is 0.295 e. The highest BCUT2D eigenvalue weighted by molar-refractivity contribution is 8.03. The van der Waals surface area contributed by atoms with Crippen molar-refractivity contribution in [1.29, 1.82) is 0 Å². The van der Waals surface area contributed by atoms with Crippen LogP contribution in [-0.4, -0.2) is 41.7 Å². The molecule has 1 spiro atoms. The van der Waals surface area contributed by atoms with Crippen LogP contribution < -0.4 is 9.80 Å². The van der Waals surface area contributed by atoms with E-state index in [0.29, 0.717) is 17.4 Å². The Balaban J connectivity index is 1.59. The van der Waals surface area contributed by atoms with Gasteiger partial charge in [0.05, 0.1) is 17.6 Å². The van der Waals surface area contributed by atoms with Gasteiger partial charge in [-0.25, -0.2) is 0 Å². The number of carbonyl (C=O) groups excluding carboxylic acids is 2. The minimum absolute atomic E-state index is 0.0463. The number of halogens is 1. The molecule has 3 aliphatic heterocycles. The molecule has 31 heavy (non-hydrogen) atoms. The average Bonchev–Trinajstić information content (AvgIpc) is 3.16. The molecule has 0 saturated carbocycles. The summed E-state index contributed by atoms with van der Waals surface area (Å²) < 4.78 is 0. The maximum atomic E-state index is 14.1. The van der Waals surface area contributed by atoms with Crippen molar-refractivity contribution in [2.45, 2.75) is 36.8 Å². The van der Waals surface area contributed by atoms with Gasteiger partial charge in [-0.15, -0.1) is 11.8 Å². The Morgan fingerprint density at radius 3 is 2.55 bits per heavy atom. The van der Waals surface area contributed by atoms with Crippen LogP contribution >= 0.6 is 23.4 Å². The van der Waals surface area contributed by atoms with E-state index in [1.807, 2.05) is 48.2 Å². The normalized spacial score (nSPS) is 26.9. The Labute approximate surface area is 192 Å². The van der Waals surface area contributed by atoms with Gasteiger partial charge in [0.1, 0.15) is 0 Å². The lowest BCUT2D eigenvalue weighted by Gasteiger charge is -2.35. The number of likely N-dealkylation sites (tertiary alicyclic amines) is 1. The predicted molar refractivity (Wildman–Crippen MR) is 126 cm³/mol. The van der Waals surface area contributed by atoms with Crippen LogP contribution in [0.25, 0.3) is 0 Å². The van der Waals surface area contributed by atoms with Crippen LogP contribution in [-0.2, 0) is 14.5 Å². The minimum atomic E-state index is -1.10. The first-order chi connectivity index (χ1) is 14.9. The van der Waals surface area contributed by atoms with Crippen LogP contribution in [0, 0.1) is 5.92 Å². The number of hydrogen-bond donors (Lipinski definition) is 0. The van der Waals surface area contributed by atoms with E-state index in [1.165, 1.54) is 11.8 Å². The minimum Gasteiger partial charge on any atom is -0.295 e. The van der Waals surface area contributed by atoms with Gasteiger partial charge in [0, 0.05) is 29.4 Å². The van der Waals surface area contributed by atoms with E-state index in [1.54, 1.807) is 17.0 Å². The summed E-state index contributed by atoms with van der Waals surface area (Å²) in [6.45, 7) is 6.69.